The van der Waals surface area contributed by atoms with E-state index >= 15 is 0 Å². The predicted octanol–water partition coefficient (Wildman–Crippen LogP) is 1.56. The van der Waals surface area contributed by atoms with Gasteiger partial charge in [0.1, 0.15) is 0 Å². The van der Waals surface area contributed by atoms with E-state index in [1.807, 2.05) is 0 Å². The van der Waals surface area contributed by atoms with Crippen LogP contribution in [-0.2, 0) is 4.74 Å². The van der Waals surface area contributed by atoms with Gasteiger partial charge in [-0.05, 0) is 25.3 Å². The fourth-order valence-corrected chi connectivity index (χ4v) is 4.33. The third-order valence-corrected chi connectivity index (χ3v) is 5.64. The lowest BCUT2D eigenvalue weighted by molar-refractivity contribution is -0.0460. The van der Waals surface area contributed by atoms with Gasteiger partial charge < -0.3 is 10.1 Å². The van der Waals surface area contributed by atoms with Crippen molar-refractivity contribution in [1.82, 2.24) is 15.1 Å². The lowest BCUT2D eigenvalue weighted by Crippen LogP contribution is -2.57. The summed E-state index contributed by atoms with van der Waals surface area (Å²) in [5.74, 6) is 0.918. The van der Waals surface area contributed by atoms with Gasteiger partial charge in [0, 0.05) is 45.3 Å². The SMILES string of the molecule is CCN1CCOC(CN2CCNC(C3CCCCC3)C2)C1. The minimum absolute atomic E-state index is 0.420. The Bertz CT molecular complexity index is 304. The number of rotatable bonds is 4. The second-order valence-corrected chi connectivity index (χ2v) is 7.10. The molecule has 4 heteroatoms. The Morgan fingerprint density at radius 2 is 1.90 bits per heavy atom. The quantitative estimate of drug-likeness (QED) is 0.852. The maximum Gasteiger partial charge on any atom is 0.0829 e. The number of likely N-dealkylation sites (N-methyl/N-ethyl adjacent to an activating group) is 1. The van der Waals surface area contributed by atoms with Crippen molar-refractivity contribution in [2.75, 3.05) is 52.4 Å². The second-order valence-electron chi connectivity index (χ2n) is 7.10. The molecule has 2 unspecified atom stereocenters. The monoisotopic (exact) mass is 295 g/mol. The first-order chi connectivity index (χ1) is 10.3. The summed E-state index contributed by atoms with van der Waals surface area (Å²) in [4.78, 5) is 5.18. The summed E-state index contributed by atoms with van der Waals surface area (Å²) >= 11 is 0. The van der Waals surface area contributed by atoms with Crippen LogP contribution in [0.2, 0.25) is 0 Å². The molecule has 0 spiro atoms. The van der Waals surface area contributed by atoms with Crippen LogP contribution in [0.15, 0.2) is 0 Å². The number of hydrogen-bond acceptors (Lipinski definition) is 4. The van der Waals surface area contributed by atoms with Crippen molar-refractivity contribution in [2.24, 2.45) is 5.92 Å². The number of ether oxygens (including phenoxy) is 1. The highest BCUT2D eigenvalue weighted by Crippen LogP contribution is 2.27. The van der Waals surface area contributed by atoms with Gasteiger partial charge in [-0.15, -0.1) is 0 Å². The van der Waals surface area contributed by atoms with E-state index in [1.165, 1.54) is 45.2 Å². The van der Waals surface area contributed by atoms with Gasteiger partial charge in [0.05, 0.1) is 12.7 Å². The summed E-state index contributed by atoms with van der Waals surface area (Å²) in [5, 5.41) is 3.78. The molecule has 3 rings (SSSR count). The van der Waals surface area contributed by atoms with Gasteiger partial charge in [-0.2, -0.15) is 0 Å². The molecule has 2 heterocycles. The smallest absolute Gasteiger partial charge is 0.0829 e. The molecule has 0 aromatic carbocycles. The highest BCUT2D eigenvalue weighted by Gasteiger charge is 2.30. The van der Waals surface area contributed by atoms with E-state index in [2.05, 4.69) is 22.0 Å². The van der Waals surface area contributed by atoms with Crippen LogP contribution in [0.25, 0.3) is 0 Å². The van der Waals surface area contributed by atoms with Gasteiger partial charge in [0.25, 0.3) is 0 Å². The van der Waals surface area contributed by atoms with E-state index in [0.717, 1.165) is 51.3 Å². The molecular formula is C17H33N3O. The first-order valence-corrected chi connectivity index (χ1v) is 9.15. The Kier molecular flexibility index (Phi) is 5.92. The Morgan fingerprint density at radius 1 is 1.05 bits per heavy atom. The third-order valence-electron chi connectivity index (χ3n) is 5.64. The van der Waals surface area contributed by atoms with Crippen LogP contribution < -0.4 is 5.32 Å². The van der Waals surface area contributed by atoms with Crippen molar-refractivity contribution in [3.63, 3.8) is 0 Å². The molecule has 3 aliphatic rings. The minimum atomic E-state index is 0.420. The molecule has 0 amide bonds. The van der Waals surface area contributed by atoms with Gasteiger partial charge >= 0.3 is 0 Å². The van der Waals surface area contributed by atoms with Gasteiger partial charge in [-0.1, -0.05) is 26.2 Å². The fourth-order valence-electron chi connectivity index (χ4n) is 4.33. The average Bonchev–Trinajstić information content (AvgIpc) is 2.56. The van der Waals surface area contributed by atoms with Crippen LogP contribution in [0.3, 0.4) is 0 Å². The van der Waals surface area contributed by atoms with Gasteiger partial charge in [0.15, 0.2) is 0 Å². The van der Waals surface area contributed by atoms with Crippen LogP contribution in [0.5, 0.6) is 0 Å². The molecular weight excluding hydrogens is 262 g/mol. The van der Waals surface area contributed by atoms with Crippen molar-refractivity contribution >= 4 is 0 Å². The topological polar surface area (TPSA) is 27.7 Å². The standard InChI is InChI=1S/C17H33N3O/c1-2-19-10-11-21-16(12-19)13-20-9-8-18-17(14-20)15-6-4-3-5-7-15/h15-18H,2-14H2,1H3. The molecule has 1 saturated carbocycles. The lowest BCUT2D eigenvalue weighted by atomic mass is 9.83. The molecule has 0 aromatic rings. The molecule has 0 aromatic heterocycles. The molecule has 21 heavy (non-hydrogen) atoms. The zero-order valence-corrected chi connectivity index (χ0v) is 13.7. The minimum Gasteiger partial charge on any atom is -0.374 e. The summed E-state index contributed by atoms with van der Waals surface area (Å²) in [7, 11) is 0. The van der Waals surface area contributed by atoms with Crippen LogP contribution >= 0.6 is 0 Å². The van der Waals surface area contributed by atoms with Crippen molar-refractivity contribution < 1.29 is 4.74 Å². The summed E-state index contributed by atoms with van der Waals surface area (Å²) in [6.07, 6.45) is 7.64. The summed E-state index contributed by atoms with van der Waals surface area (Å²) in [6.45, 7) is 11.3. The van der Waals surface area contributed by atoms with E-state index in [4.69, 9.17) is 4.74 Å². The molecule has 1 aliphatic carbocycles. The molecule has 2 saturated heterocycles. The largest absolute Gasteiger partial charge is 0.374 e. The average molecular weight is 295 g/mol. The van der Waals surface area contributed by atoms with Crippen LogP contribution in [0.4, 0.5) is 0 Å². The third kappa shape index (κ3) is 4.41. The van der Waals surface area contributed by atoms with Crippen molar-refractivity contribution in [2.45, 2.75) is 51.2 Å². The fraction of sp³-hybridized carbons (Fsp3) is 1.00. The maximum absolute atomic E-state index is 5.99. The van der Waals surface area contributed by atoms with E-state index in [1.54, 1.807) is 0 Å². The van der Waals surface area contributed by atoms with Gasteiger partial charge in [-0.25, -0.2) is 0 Å². The zero-order valence-electron chi connectivity index (χ0n) is 13.7. The highest BCUT2D eigenvalue weighted by atomic mass is 16.5. The molecule has 4 nitrogen and oxygen atoms in total. The van der Waals surface area contributed by atoms with Gasteiger partial charge in [-0.3, -0.25) is 9.80 Å². The van der Waals surface area contributed by atoms with Crippen LogP contribution in [0.1, 0.15) is 39.0 Å². The molecule has 1 N–H and O–H groups in total. The van der Waals surface area contributed by atoms with Gasteiger partial charge in [0.2, 0.25) is 0 Å². The molecule has 2 atom stereocenters. The Labute approximate surface area is 130 Å². The summed E-state index contributed by atoms with van der Waals surface area (Å²) in [5.41, 5.74) is 0. The van der Waals surface area contributed by atoms with Crippen LogP contribution in [-0.4, -0.2) is 74.4 Å². The summed E-state index contributed by atoms with van der Waals surface area (Å²) in [6, 6.07) is 0.727. The normalized spacial score (nSPS) is 34.1. The number of nitrogens with one attached hydrogen (secondary N) is 1. The van der Waals surface area contributed by atoms with E-state index < -0.39 is 0 Å². The predicted molar refractivity (Wildman–Crippen MR) is 86.7 cm³/mol. The molecule has 0 radical (unpaired) electrons. The highest BCUT2D eigenvalue weighted by molar-refractivity contribution is 4.87. The van der Waals surface area contributed by atoms with E-state index in [0.29, 0.717) is 6.10 Å². The molecule has 2 aliphatic heterocycles. The second kappa shape index (κ2) is 7.91. The van der Waals surface area contributed by atoms with E-state index in [-0.39, 0.29) is 0 Å². The molecule has 3 fully saturated rings. The Morgan fingerprint density at radius 3 is 2.71 bits per heavy atom. The van der Waals surface area contributed by atoms with Crippen LogP contribution in [0, 0.1) is 5.92 Å². The maximum atomic E-state index is 5.99. The first-order valence-electron chi connectivity index (χ1n) is 9.15. The van der Waals surface area contributed by atoms with Crippen molar-refractivity contribution in [3.05, 3.63) is 0 Å². The Balaban J connectivity index is 1.46. The van der Waals surface area contributed by atoms with Crippen molar-refractivity contribution in [1.29, 1.82) is 0 Å². The van der Waals surface area contributed by atoms with Crippen molar-refractivity contribution in [3.8, 4) is 0 Å². The van der Waals surface area contributed by atoms with E-state index in [9.17, 15) is 0 Å². The first kappa shape index (κ1) is 15.7. The summed E-state index contributed by atoms with van der Waals surface area (Å²) < 4.78 is 5.99. The number of morpholine rings is 1. The number of nitrogens with zero attached hydrogens (tertiary/aromatic N) is 2. The lowest BCUT2D eigenvalue weighted by Gasteiger charge is -2.41. The zero-order chi connectivity index (χ0) is 14.5. The number of piperazine rings is 1. The molecule has 122 valence electrons. The molecule has 0 bridgehead atoms. The number of hydrogen-bond donors (Lipinski definition) is 1. The Hall–Kier alpha value is -0.160.